The second-order valence-electron chi connectivity index (χ2n) is 5.14. The lowest BCUT2D eigenvalue weighted by Gasteiger charge is -2.10. The Morgan fingerprint density at radius 2 is 2.00 bits per heavy atom. The Bertz CT molecular complexity index is 795. The zero-order valence-electron chi connectivity index (χ0n) is 12.6. The minimum atomic E-state index is -0.0808. The average molecular weight is 364 g/mol. The van der Waals surface area contributed by atoms with E-state index in [1.165, 1.54) is 16.8 Å². The van der Waals surface area contributed by atoms with Crippen molar-refractivity contribution in [2.24, 2.45) is 5.10 Å². The molecule has 23 heavy (non-hydrogen) atoms. The highest BCUT2D eigenvalue weighted by Gasteiger charge is 2.26. The molecule has 0 radical (unpaired) electrons. The number of aryl methyl sites for hydroxylation is 1. The predicted molar refractivity (Wildman–Crippen MR) is 99.7 cm³/mol. The molecule has 0 unspecified atom stereocenters. The van der Waals surface area contributed by atoms with Crippen molar-refractivity contribution in [3.8, 4) is 5.69 Å². The Kier molecular flexibility index (Phi) is 4.57. The minimum absolute atomic E-state index is 0.0808. The van der Waals surface area contributed by atoms with Gasteiger partial charge in [-0.3, -0.25) is 4.79 Å². The molecule has 0 N–H and O–H groups in total. The van der Waals surface area contributed by atoms with Crippen LogP contribution in [0.1, 0.15) is 17.0 Å². The van der Waals surface area contributed by atoms with Crippen molar-refractivity contribution in [2.75, 3.05) is 5.75 Å². The van der Waals surface area contributed by atoms with Crippen LogP contribution >= 0.6 is 35.6 Å². The number of halogens is 1. The Morgan fingerprint density at radius 3 is 2.61 bits per heavy atom. The van der Waals surface area contributed by atoms with Gasteiger partial charge in [-0.15, -0.1) is 0 Å². The number of hydrazone groups is 1. The number of thiocarbonyl (C=S) groups is 1. The highest BCUT2D eigenvalue weighted by molar-refractivity contribution is 8.23. The lowest BCUT2D eigenvalue weighted by molar-refractivity contribution is -0.123. The fraction of sp³-hybridized carbons (Fsp3) is 0.188. The summed E-state index contributed by atoms with van der Waals surface area (Å²) >= 11 is 12.4. The summed E-state index contributed by atoms with van der Waals surface area (Å²) < 4.78 is 2.62. The van der Waals surface area contributed by atoms with Crippen LogP contribution in [-0.2, 0) is 4.79 Å². The summed E-state index contributed by atoms with van der Waals surface area (Å²) in [5, 5.41) is 6.23. The topological polar surface area (TPSA) is 37.6 Å². The van der Waals surface area contributed by atoms with Gasteiger partial charge < -0.3 is 4.57 Å². The van der Waals surface area contributed by atoms with E-state index in [2.05, 4.69) is 9.67 Å². The molecule has 1 saturated heterocycles. The van der Waals surface area contributed by atoms with E-state index in [0.717, 1.165) is 22.6 Å². The standard InChI is InChI=1S/C16H14ClN3OS2/c1-10-7-12(8-18-20-15(21)9-23-16(20)22)11(2)19(10)14-5-3-13(17)4-6-14/h3-8H,9H2,1-2H3/b18-8+. The molecule has 0 bridgehead atoms. The van der Waals surface area contributed by atoms with Crippen molar-refractivity contribution >= 4 is 52.0 Å². The molecule has 1 aromatic heterocycles. The number of hydrogen-bond acceptors (Lipinski definition) is 4. The van der Waals surface area contributed by atoms with E-state index < -0.39 is 0 Å². The van der Waals surface area contributed by atoms with Crippen molar-refractivity contribution in [3.05, 3.63) is 52.3 Å². The van der Waals surface area contributed by atoms with Gasteiger partial charge in [0.05, 0.1) is 12.0 Å². The van der Waals surface area contributed by atoms with Gasteiger partial charge in [-0.2, -0.15) is 10.1 Å². The van der Waals surface area contributed by atoms with Crippen LogP contribution in [0.5, 0.6) is 0 Å². The predicted octanol–water partition coefficient (Wildman–Crippen LogP) is 3.94. The molecule has 1 aliphatic heterocycles. The first-order valence-corrected chi connectivity index (χ1v) is 8.73. The van der Waals surface area contributed by atoms with Crippen molar-refractivity contribution in [1.29, 1.82) is 0 Å². The first kappa shape index (κ1) is 16.2. The summed E-state index contributed by atoms with van der Waals surface area (Å²) in [6.45, 7) is 4.04. The number of nitrogens with zero attached hydrogens (tertiary/aromatic N) is 3. The molecule has 0 saturated carbocycles. The molecule has 1 aromatic carbocycles. The van der Waals surface area contributed by atoms with E-state index in [0.29, 0.717) is 15.1 Å². The molecule has 1 amide bonds. The molecule has 0 spiro atoms. The SMILES string of the molecule is Cc1cc(/C=N/N2C(=O)CSC2=S)c(C)n1-c1ccc(Cl)cc1. The van der Waals surface area contributed by atoms with E-state index >= 15 is 0 Å². The van der Waals surface area contributed by atoms with Crippen LogP contribution in [0.2, 0.25) is 5.02 Å². The maximum absolute atomic E-state index is 11.7. The van der Waals surface area contributed by atoms with Gasteiger partial charge in [-0.05, 0) is 44.2 Å². The second-order valence-corrected chi connectivity index (χ2v) is 7.19. The van der Waals surface area contributed by atoms with Crippen LogP contribution in [0.25, 0.3) is 5.69 Å². The Balaban J connectivity index is 1.93. The number of thioether (sulfide) groups is 1. The third-order valence-electron chi connectivity index (χ3n) is 3.60. The number of benzene rings is 1. The highest BCUT2D eigenvalue weighted by Crippen LogP contribution is 2.23. The second kappa shape index (κ2) is 6.47. The van der Waals surface area contributed by atoms with Gasteiger partial charge in [0.2, 0.25) is 0 Å². The lowest BCUT2D eigenvalue weighted by Crippen LogP contribution is -2.22. The highest BCUT2D eigenvalue weighted by atomic mass is 35.5. The molecule has 3 rings (SSSR count). The summed E-state index contributed by atoms with van der Waals surface area (Å²) in [6, 6.07) is 9.70. The fourth-order valence-corrected chi connectivity index (χ4v) is 3.58. The van der Waals surface area contributed by atoms with Gasteiger partial charge in [0, 0.05) is 27.7 Å². The van der Waals surface area contributed by atoms with Crippen molar-refractivity contribution in [2.45, 2.75) is 13.8 Å². The van der Waals surface area contributed by atoms with Gasteiger partial charge in [0.1, 0.15) is 0 Å². The number of hydrogen-bond donors (Lipinski definition) is 0. The van der Waals surface area contributed by atoms with Gasteiger partial charge in [0.25, 0.3) is 5.91 Å². The van der Waals surface area contributed by atoms with E-state index in [-0.39, 0.29) is 5.91 Å². The summed E-state index contributed by atoms with van der Waals surface area (Å²) in [7, 11) is 0. The Hall–Kier alpha value is -1.63. The molecule has 1 aliphatic rings. The monoisotopic (exact) mass is 363 g/mol. The summed E-state index contributed by atoms with van der Waals surface area (Å²) in [5.74, 6) is 0.280. The van der Waals surface area contributed by atoms with Crippen molar-refractivity contribution in [1.82, 2.24) is 9.58 Å². The van der Waals surface area contributed by atoms with Gasteiger partial charge in [-0.1, -0.05) is 35.6 Å². The third kappa shape index (κ3) is 3.20. The van der Waals surface area contributed by atoms with Crippen molar-refractivity contribution < 1.29 is 4.79 Å². The zero-order chi connectivity index (χ0) is 16.6. The summed E-state index contributed by atoms with van der Waals surface area (Å²) in [5.41, 5.74) is 4.10. The molecule has 0 aliphatic carbocycles. The first-order chi connectivity index (χ1) is 11.0. The van der Waals surface area contributed by atoms with E-state index in [4.69, 9.17) is 23.8 Å². The largest absolute Gasteiger partial charge is 0.318 e. The van der Waals surface area contributed by atoms with E-state index in [1.54, 1.807) is 6.21 Å². The van der Waals surface area contributed by atoms with Crippen LogP contribution in [0.3, 0.4) is 0 Å². The third-order valence-corrected chi connectivity index (χ3v) is 5.19. The molecule has 2 heterocycles. The first-order valence-electron chi connectivity index (χ1n) is 6.96. The molecule has 1 fully saturated rings. The number of rotatable bonds is 3. The Morgan fingerprint density at radius 1 is 1.30 bits per heavy atom. The smallest absolute Gasteiger partial charge is 0.259 e. The van der Waals surface area contributed by atoms with Gasteiger partial charge in [0.15, 0.2) is 4.32 Å². The number of carbonyl (C=O) groups is 1. The van der Waals surface area contributed by atoms with Gasteiger partial charge in [-0.25, -0.2) is 0 Å². The number of amides is 1. The summed E-state index contributed by atoms with van der Waals surface area (Å²) in [4.78, 5) is 11.7. The van der Waals surface area contributed by atoms with Gasteiger partial charge >= 0.3 is 0 Å². The molecule has 7 heteroatoms. The van der Waals surface area contributed by atoms with Crippen LogP contribution in [0.4, 0.5) is 0 Å². The fourth-order valence-electron chi connectivity index (χ4n) is 2.48. The Labute approximate surface area is 149 Å². The normalized spacial score (nSPS) is 15.2. The number of aromatic nitrogens is 1. The van der Waals surface area contributed by atoms with Crippen LogP contribution in [0.15, 0.2) is 35.4 Å². The average Bonchev–Trinajstić information content (AvgIpc) is 2.98. The maximum Gasteiger partial charge on any atom is 0.259 e. The molecule has 0 atom stereocenters. The number of carbonyl (C=O) groups excluding carboxylic acids is 1. The van der Waals surface area contributed by atoms with E-state index in [9.17, 15) is 4.79 Å². The minimum Gasteiger partial charge on any atom is -0.318 e. The van der Waals surface area contributed by atoms with Crippen LogP contribution < -0.4 is 0 Å². The van der Waals surface area contributed by atoms with E-state index in [1.807, 2.05) is 44.2 Å². The van der Waals surface area contributed by atoms with Crippen molar-refractivity contribution in [3.63, 3.8) is 0 Å². The maximum atomic E-state index is 11.7. The van der Waals surface area contributed by atoms with Crippen LogP contribution in [-0.4, -0.2) is 31.8 Å². The summed E-state index contributed by atoms with van der Waals surface area (Å²) in [6.07, 6.45) is 1.69. The molecular formula is C16H14ClN3OS2. The van der Waals surface area contributed by atoms with Crippen LogP contribution in [0, 0.1) is 13.8 Å². The quantitative estimate of drug-likeness (QED) is 0.612. The molecular weight excluding hydrogens is 350 g/mol. The lowest BCUT2D eigenvalue weighted by atomic mass is 10.2. The molecule has 4 nitrogen and oxygen atoms in total. The molecule has 118 valence electrons. The molecule has 2 aromatic rings. The zero-order valence-corrected chi connectivity index (χ0v) is 15.0.